The first-order valence-electron chi connectivity index (χ1n) is 7.51. The van der Waals surface area contributed by atoms with Crippen molar-refractivity contribution >= 4 is 0 Å². The van der Waals surface area contributed by atoms with Crippen LogP contribution < -0.4 is 10.6 Å². The highest BCUT2D eigenvalue weighted by Crippen LogP contribution is 2.26. The minimum atomic E-state index is -0.0623. The van der Waals surface area contributed by atoms with Crippen LogP contribution in [0.15, 0.2) is 0 Å². The number of nitrogens with one attached hydrogen (secondary N) is 2. The number of hydrogen-bond donors (Lipinski definition) is 3. The van der Waals surface area contributed by atoms with Gasteiger partial charge in [-0.25, -0.2) is 0 Å². The number of aliphatic hydroxyl groups excluding tert-OH is 1. The summed E-state index contributed by atoms with van der Waals surface area (Å²) in [4.78, 5) is 2.42. The molecule has 1 rings (SSSR count). The predicted molar refractivity (Wildman–Crippen MR) is 76.9 cm³/mol. The molecule has 2 unspecified atom stereocenters. The number of hydrogen-bond acceptors (Lipinski definition) is 4. The zero-order valence-electron chi connectivity index (χ0n) is 12.3. The third-order valence-electron chi connectivity index (χ3n) is 4.49. The zero-order chi connectivity index (χ0) is 13.4. The summed E-state index contributed by atoms with van der Waals surface area (Å²) >= 11 is 0. The summed E-state index contributed by atoms with van der Waals surface area (Å²) in [6, 6.07) is 0. The average Bonchev–Trinajstić information content (AvgIpc) is 2.44. The molecule has 0 radical (unpaired) electrons. The fourth-order valence-electron chi connectivity index (χ4n) is 3.02. The largest absolute Gasteiger partial charge is 0.394 e. The number of rotatable bonds is 8. The van der Waals surface area contributed by atoms with Crippen molar-refractivity contribution in [1.29, 1.82) is 0 Å². The van der Waals surface area contributed by atoms with E-state index in [1.165, 1.54) is 0 Å². The molecule has 0 aromatic rings. The maximum Gasteiger partial charge on any atom is 0.0617 e. The molecule has 0 amide bonds. The molecule has 108 valence electrons. The van der Waals surface area contributed by atoms with E-state index in [9.17, 15) is 5.11 Å². The Morgan fingerprint density at radius 2 is 2.06 bits per heavy atom. The van der Waals surface area contributed by atoms with Crippen molar-refractivity contribution in [1.82, 2.24) is 15.5 Å². The quantitative estimate of drug-likeness (QED) is 0.598. The monoisotopic (exact) mass is 257 g/mol. The summed E-state index contributed by atoms with van der Waals surface area (Å²) in [5.41, 5.74) is -0.0623. The topological polar surface area (TPSA) is 47.5 Å². The maximum atomic E-state index is 9.82. The summed E-state index contributed by atoms with van der Waals surface area (Å²) in [6.45, 7) is 13.1. The molecular weight excluding hydrogens is 226 g/mol. The first-order chi connectivity index (χ1) is 8.72. The Kier molecular flexibility index (Phi) is 7.15. The van der Waals surface area contributed by atoms with Crippen LogP contribution in [0.4, 0.5) is 0 Å². The SMILES string of the molecule is CCC1CNCCC1(CO)NCCN(CC)CC. The van der Waals surface area contributed by atoms with Gasteiger partial charge in [0.1, 0.15) is 0 Å². The third kappa shape index (κ3) is 3.92. The van der Waals surface area contributed by atoms with Crippen LogP contribution in [0, 0.1) is 5.92 Å². The highest BCUT2D eigenvalue weighted by Gasteiger charge is 2.38. The van der Waals surface area contributed by atoms with E-state index in [-0.39, 0.29) is 12.1 Å². The fourth-order valence-corrected chi connectivity index (χ4v) is 3.02. The van der Waals surface area contributed by atoms with Gasteiger partial charge in [0.05, 0.1) is 6.61 Å². The Morgan fingerprint density at radius 3 is 2.61 bits per heavy atom. The lowest BCUT2D eigenvalue weighted by Gasteiger charge is -2.44. The Balaban J connectivity index is 2.48. The average molecular weight is 257 g/mol. The van der Waals surface area contributed by atoms with Crippen molar-refractivity contribution in [2.24, 2.45) is 5.92 Å². The molecule has 0 aliphatic carbocycles. The van der Waals surface area contributed by atoms with Gasteiger partial charge in [0.15, 0.2) is 0 Å². The number of nitrogens with zero attached hydrogens (tertiary/aromatic N) is 1. The molecule has 1 fully saturated rings. The molecule has 0 aromatic carbocycles. The van der Waals surface area contributed by atoms with Crippen LogP contribution in [0.3, 0.4) is 0 Å². The second-order valence-corrected chi connectivity index (χ2v) is 5.33. The Labute approximate surface area is 112 Å². The van der Waals surface area contributed by atoms with E-state index in [4.69, 9.17) is 0 Å². The molecule has 0 spiro atoms. The summed E-state index contributed by atoms with van der Waals surface area (Å²) in [5, 5.41) is 16.9. The zero-order valence-corrected chi connectivity index (χ0v) is 12.3. The molecular formula is C14H31N3O. The van der Waals surface area contributed by atoms with Crippen molar-refractivity contribution < 1.29 is 5.11 Å². The summed E-state index contributed by atoms with van der Waals surface area (Å²) in [5.74, 6) is 0.535. The van der Waals surface area contributed by atoms with Crippen molar-refractivity contribution in [3.05, 3.63) is 0 Å². The van der Waals surface area contributed by atoms with Crippen molar-refractivity contribution in [3.8, 4) is 0 Å². The van der Waals surface area contributed by atoms with Crippen LogP contribution in [0.25, 0.3) is 0 Å². The predicted octanol–water partition coefficient (Wildman–Crippen LogP) is 0.668. The third-order valence-corrected chi connectivity index (χ3v) is 4.49. The Bertz CT molecular complexity index is 221. The normalized spacial score (nSPS) is 28.8. The fraction of sp³-hybridized carbons (Fsp3) is 1.00. The van der Waals surface area contributed by atoms with Gasteiger partial charge >= 0.3 is 0 Å². The van der Waals surface area contributed by atoms with Gasteiger partial charge in [-0.05, 0) is 38.5 Å². The van der Waals surface area contributed by atoms with E-state index < -0.39 is 0 Å². The minimum absolute atomic E-state index is 0.0623. The lowest BCUT2D eigenvalue weighted by Crippen LogP contribution is -2.62. The van der Waals surface area contributed by atoms with Crippen LogP contribution in [-0.4, -0.2) is 61.4 Å². The van der Waals surface area contributed by atoms with Gasteiger partial charge < -0.3 is 20.6 Å². The van der Waals surface area contributed by atoms with Crippen LogP contribution in [0.2, 0.25) is 0 Å². The summed E-state index contributed by atoms with van der Waals surface area (Å²) < 4.78 is 0. The molecule has 2 atom stereocenters. The summed E-state index contributed by atoms with van der Waals surface area (Å²) in [6.07, 6.45) is 2.14. The maximum absolute atomic E-state index is 9.82. The van der Waals surface area contributed by atoms with E-state index in [1.54, 1.807) is 0 Å². The smallest absolute Gasteiger partial charge is 0.0617 e. The molecule has 0 aromatic heterocycles. The Hall–Kier alpha value is -0.160. The molecule has 0 bridgehead atoms. The van der Waals surface area contributed by atoms with Gasteiger partial charge in [0.25, 0.3) is 0 Å². The van der Waals surface area contributed by atoms with Gasteiger partial charge in [0.2, 0.25) is 0 Å². The summed E-state index contributed by atoms with van der Waals surface area (Å²) in [7, 11) is 0. The molecule has 18 heavy (non-hydrogen) atoms. The van der Waals surface area contributed by atoms with Crippen LogP contribution >= 0.6 is 0 Å². The van der Waals surface area contributed by atoms with E-state index in [2.05, 4.69) is 36.3 Å². The molecule has 1 aliphatic rings. The standard InChI is InChI=1S/C14H31N3O/c1-4-13-11-15-8-7-14(13,12-18)16-9-10-17(5-2)6-3/h13,15-16,18H,4-12H2,1-3H3. The van der Waals surface area contributed by atoms with E-state index in [0.717, 1.165) is 52.1 Å². The second-order valence-electron chi connectivity index (χ2n) is 5.33. The molecule has 0 saturated carbocycles. The molecule has 4 heteroatoms. The molecule has 4 nitrogen and oxygen atoms in total. The lowest BCUT2D eigenvalue weighted by atomic mass is 9.77. The number of likely N-dealkylation sites (N-methyl/N-ethyl adjacent to an activating group) is 1. The van der Waals surface area contributed by atoms with Gasteiger partial charge in [-0.3, -0.25) is 0 Å². The molecule has 1 saturated heterocycles. The molecule has 1 aliphatic heterocycles. The van der Waals surface area contributed by atoms with Crippen LogP contribution in [-0.2, 0) is 0 Å². The number of piperidine rings is 1. The van der Waals surface area contributed by atoms with Crippen molar-refractivity contribution in [2.45, 2.75) is 39.2 Å². The van der Waals surface area contributed by atoms with Crippen molar-refractivity contribution in [3.63, 3.8) is 0 Å². The van der Waals surface area contributed by atoms with Gasteiger partial charge in [-0.1, -0.05) is 27.2 Å². The first-order valence-corrected chi connectivity index (χ1v) is 7.51. The van der Waals surface area contributed by atoms with Crippen LogP contribution in [0.5, 0.6) is 0 Å². The number of aliphatic hydroxyl groups is 1. The first kappa shape index (κ1) is 15.9. The minimum Gasteiger partial charge on any atom is -0.394 e. The molecule has 1 heterocycles. The highest BCUT2D eigenvalue weighted by molar-refractivity contribution is 4.98. The van der Waals surface area contributed by atoms with Gasteiger partial charge in [-0.2, -0.15) is 0 Å². The van der Waals surface area contributed by atoms with E-state index in [1.807, 2.05) is 0 Å². The van der Waals surface area contributed by atoms with E-state index in [0.29, 0.717) is 5.92 Å². The van der Waals surface area contributed by atoms with Gasteiger partial charge in [-0.15, -0.1) is 0 Å². The second kappa shape index (κ2) is 8.10. The molecule has 3 N–H and O–H groups in total. The lowest BCUT2D eigenvalue weighted by molar-refractivity contribution is 0.0701. The Morgan fingerprint density at radius 1 is 1.33 bits per heavy atom. The van der Waals surface area contributed by atoms with E-state index >= 15 is 0 Å². The highest BCUT2D eigenvalue weighted by atomic mass is 16.3. The van der Waals surface area contributed by atoms with Crippen molar-refractivity contribution in [2.75, 3.05) is 45.9 Å². The van der Waals surface area contributed by atoms with Gasteiger partial charge in [0, 0.05) is 18.6 Å². The van der Waals surface area contributed by atoms with Crippen LogP contribution in [0.1, 0.15) is 33.6 Å².